The molecule has 1 aromatic rings. The van der Waals surface area contributed by atoms with Crippen LogP contribution in [0.3, 0.4) is 0 Å². The Morgan fingerprint density at radius 1 is 1.27 bits per heavy atom. The number of likely N-dealkylation sites (N-methyl/N-ethyl adjacent to an activating group) is 1. The predicted octanol–water partition coefficient (Wildman–Crippen LogP) is 0.418. The maximum absolute atomic E-state index is 9.99. The number of aliphatic hydroxyl groups is 1. The summed E-state index contributed by atoms with van der Waals surface area (Å²) < 4.78 is 14.2. The normalized spacial score (nSPS) is 18.5. The van der Waals surface area contributed by atoms with Crippen LogP contribution in [-0.4, -0.2) is 76.8 Å². The lowest BCUT2D eigenvalue weighted by molar-refractivity contribution is 0.0983. The highest BCUT2D eigenvalue weighted by Crippen LogP contribution is 2.26. The minimum Gasteiger partial charge on any atom is -0.472 e. The molecular formula is C14H27N5O2S. The second-order valence-corrected chi connectivity index (χ2v) is 7.31. The van der Waals surface area contributed by atoms with Crippen molar-refractivity contribution in [2.24, 2.45) is 0 Å². The molecule has 1 fully saturated rings. The first kappa shape index (κ1) is 17.4. The summed E-state index contributed by atoms with van der Waals surface area (Å²) >= 11 is 1.15. The summed E-state index contributed by atoms with van der Waals surface area (Å²) in [7, 11) is 2.12. The zero-order valence-corrected chi connectivity index (χ0v) is 14.7. The lowest BCUT2D eigenvalue weighted by Gasteiger charge is -2.32. The van der Waals surface area contributed by atoms with Crippen molar-refractivity contribution in [3.63, 3.8) is 0 Å². The molecule has 0 amide bonds. The third-order valence-electron chi connectivity index (χ3n) is 3.53. The first-order chi connectivity index (χ1) is 10.3. The summed E-state index contributed by atoms with van der Waals surface area (Å²) in [4.78, 5) is 4.48. The average molecular weight is 329 g/mol. The highest BCUT2D eigenvalue weighted by Gasteiger charge is 2.22. The van der Waals surface area contributed by atoms with Crippen LogP contribution in [0.2, 0.25) is 0 Å². The third-order valence-corrected chi connectivity index (χ3v) is 4.03. The molecule has 22 heavy (non-hydrogen) atoms. The molecule has 0 unspecified atom stereocenters. The van der Waals surface area contributed by atoms with Crippen molar-refractivity contribution in [1.82, 2.24) is 19.0 Å². The molecule has 0 saturated carbocycles. The number of nitrogens with one attached hydrogen (secondary N) is 1. The summed E-state index contributed by atoms with van der Waals surface area (Å²) in [6.45, 7) is 10.8. The lowest BCUT2D eigenvalue weighted by Crippen LogP contribution is -2.45. The number of ether oxygens (including phenoxy) is 1. The first-order valence-corrected chi connectivity index (χ1v) is 8.40. The van der Waals surface area contributed by atoms with Crippen molar-refractivity contribution >= 4 is 17.5 Å². The van der Waals surface area contributed by atoms with Gasteiger partial charge in [0.2, 0.25) is 5.82 Å². The fourth-order valence-electron chi connectivity index (χ4n) is 2.14. The summed E-state index contributed by atoms with van der Waals surface area (Å²) in [6, 6.07) is 0. The lowest BCUT2D eigenvalue weighted by atomic mass is 10.1. The standard InChI is InChI=1S/C14H27N5O2S/c1-14(2,3)15-9-11(20)10-21-13-12(16-22-17-13)19-7-5-18(4)6-8-19/h11,15,20H,5-10H2,1-4H3/t11-/m0/s1. The molecule has 0 radical (unpaired) electrons. The Balaban J connectivity index is 1.82. The van der Waals surface area contributed by atoms with Crippen LogP contribution < -0.4 is 15.0 Å². The van der Waals surface area contributed by atoms with Gasteiger partial charge in [-0.25, -0.2) is 0 Å². The van der Waals surface area contributed by atoms with Gasteiger partial charge in [-0.05, 0) is 27.8 Å². The summed E-state index contributed by atoms with van der Waals surface area (Å²) in [5, 5.41) is 13.2. The second-order valence-electron chi connectivity index (χ2n) is 6.78. The highest BCUT2D eigenvalue weighted by atomic mass is 32.1. The Morgan fingerprint density at radius 2 is 1.95 bits per heavy atom. The van der Waals surface area contributed by atoms with Crippen molar-refractivity contribution in [2.75, 3.05) is 51.3 Å². The fourth-order valence-corrected chi connectivity index (χ4v) is 2.66. The van der Waals surface area contributed by atoms with Crippen LogP contribution in [0.15, 0.2) is 0 Å². The van der Waals surface area contributed by atoms with Gasteiger partial charge in [-0.3, -0.25) is 0 Å². The number of hydrogen-bond donors (Lipinski definition) is 2. The summed E-state index contributed by atoms with van der Waals surface area (Å²) in [6.07, 6.45) is -0.568. The molecule has 1 saturated heterocycles. The molecule has 1 aliphatic heterocycles. The predicted molar refractivity (Wildman–Crippen MR) is 88.9 cm³/mol. The van der Waals surface area contributed by atoms with Crippen LogP contribution in [-0.2, 0) is 0 Å². The Bertz CT molecular complexity index is 454. The van der Waals surface area contributed by atoms with Gasteiger partial charge < -0.3 is 25.0 Å². The molecule has 0 aromatic carbocycles. The quantitative estimate of drug-likeness (QED) is 0.783. The van der Waals surface area contributed by atoms with Crippen molar-refractivity contribution < 1.29 is 9.84 Å². The van der Waals surface area contributed by atoms with Gasteiger partial charge in [0.1, 0.15) is 12.7 Å². The number of nitrogens with zero attached hydrogens (tertiary/aromatic N) is 4. The SMILES string of the molecule is CN1CCN(c2nsnc2OC[C@@H](O)CNC(C)(C)C)CC1. The van der Waals surface area contributed by atoms with E-state index in [9.17, 15) is 5.11 Å². The summed E-state index contributed by atoms with van der Waals surface area (Å²) in [5.41, 5.74) is -0.0197. The third kappa shape index (κ3) is 5.35. The molecule has 2 heterocycles. The van der Waals surface area contributed by atoms with Gasteiger partial charge in [-0.2, -0.15) is 4.37 Å². The van der Waals surface area contributed by atoms with E-state index in [0.717, 1.165) is 43.7 Å². The molecule has 0 bridgehead atoms. The van der Waals surface area contributed by atoms with Crippen LogP contribution >= 0.6 is 11.7 Å². The van der Waals surface area contributed by atoms with Crippen LogP contribution in [0.25, 0.3) is 0 Å². The first-order valence-electron chi connectivity index (χ1n) is 7.67. The largest absolute Gasteiger partial charge is 0.472 e. The maximum Gasteiger partial charge on any atom is 0.270 e. The van der Waals surface area contributed by atoms with Crippen LogP contribution in [0, 0.1) is 0 Å². The number of β-amino-alcohol motifs (C(OH)–C–C–N with tert-alkyl or cyclic N) is 1. The smallest absolute Gasteiger partial charge is 0.270 e. The van der Waals surface area contributed by atoms with Gasteiger partial charge >= 0.3 is 0 Å². The zero-order valence-electron chi connectivity index (χ0n) is 13.9. The monoisotopic (exact) mass is 329 g/mol. The van der Waals surface area contributed by atoms with Crippen LogP contribution in [0.4, 0.5) is 5.82 Å². The van der Waals surface area contributed by atoms with Gasteiger partial charge in [0.05, 0.1) is 11.7 Å². The molecule has 1 aromatic heterocycles. The summed E-state index contributed by atoms with van der Waals surface area (Å²) in [5.74, 6) is 1.33. The van der Waals surface area contributed by atoms with Crippen molar-refractivity contribution in [1.29, 1.82) is 0 Å². The Labute approximate surface area is 136 Å². The molecule has 7 nitrogen and oxygen atoms in total. The Kier molecular flexibility index (Phi) is 5.96. The number of rotatable bonds is 6. The van der Waals surface area contributed by atoms with E-state index in [4.69, 9.17) is 4.74 Å². The van der Waals surface area contributed by atoms with E-state index in [0.29, 0.717) is 12.4 Å². The molecule has 1 aliphatic rings. The van der Waals surface area contributed by atoms with Gasteiger partial charge in [0, 0.05) is 38.3 Å². The number of aliphatic hydroxyl groups excluding tert-OH is 1. The fraction of sp³-hybridized carbons (Fsp3) is 0.857. The molecule has 2 rings (SSSR count). The molecule has 1 atom stereocenters. The Morgan fingerprint density at radius 3 is 2.59 bits per heavy atom. The number of piperazine rings is 1. The number of anilines is 1. The zero-order chi connectivity index (χ0) is 16.2. The van der Waals surface area contributed by atoms with Crippen molar-refractivity contribution in [2.45, 2.75) is 32.4 Å². The molecule has 0 spiro atoms. The van der Waals surface area contributed by atoms with Gasteiger partial charge in [0.25, 0.3) is 5.88 Å². The topological polar surface area (TPSA) is 73.8 Å². The van der Waals surface area contributed by atoms with E-state index in [1.165, 1.54) is 0 Å². The van der Waals surface area contributed by atoms with E-state index in [1.54, 1.807) is 0 Å². The van der Waals surface area contributed by atoms with Gasteiger partial charge in [-0.15, -0.1) is 4.37 Å². The molecule has 126 valence electrons. The molecule has 0 aliphatic carbocycles. The van der Waals surface area contributed by atoms with E-state index in [-0.39, 0.29) is 12.1 Å². The van der Waals surface area contributed by atoms with Crippen LogP contribution in [0.5, 0.6) is 5.88 Å². The minimum absolute atomic E-state index is 0.0197. The number of aromatic nitrogens is 2. The second kappa shape index (κ2) is 7.54. The minimum atomic E-state index is -0.568. The number of hydrogen-bond acceptors (Lipinski definition) is 8. The molecule has 8 heteroatoms. The van der Waals surface area contributed by atoms with Crippen LogP contribution in [0.1, 0.15) is 20.8 Å². The van der Waals surface area contributed by atoms with E-state index in [1.807, 2.05) is 0 Å². The van der Waals surface area contributed by atoms with E-state index >= 15 is 0 Å². The van der Waals surface area contributed by atoms with Gasteiger partial charge in [0.15, 0.2) is 0 Å². The molecular weight excluding hydrogens is 302 g/mol. The average Bonchev–Trinajstić information content (AvgIpc) is 2.91. The van der Waals surface area contributed by atoms with E-state index in [2.05, 4.69) is 51.7 Å². The van der Waals surface area contributed by atoms with Crippen molar-refractivity contribution in [3.05, 3.63) is 0 Å². The van der Waals surface area contributed by atoms with E-state index < -0.39 is 6.10 Å². The van der Waals surface area contributed by atoms with Crippen molar-refractivity contribution in [3.8, 4) is 5.88 Å². The highest BCUT2D eigenvalue weighted by molar-refractivity contribution is 6.99. The Hall–Kier alpha value is -0.960. The van der Waals surface area contributed by atoms with Gasteiger partial charge in [-0.1, -0.05) is 0 Å². The molecule has 2 N–H and O–H groups in total. The maximum atomic E-state index is 9.99.